The molecule has 1 aromatic heterocycles. The van der Waals surface area contributed by atoms with Crippen molar-refractivity contribution in [2.45, 2.75) is 19.4 Å². The van der Waals surface area contributed by atoms with Crippen molar-refractivity contribution >= 4 is 11.9 Å². The predicted octanol–water partition coefficient (Wildman–Crippen LogP) is 0.901. The van der Waals surface area contributed by atoms with Crippen molar-refractivity contribution in [3.63, 3.8) is 0 Å². The van der Waals surface area contributed by atoms with Crippen LogP contribution in [0.1, 0.15) is 23.7 Å². The first-order valence-corrected chi connectivity index (χ1v) is 6.41. The van der Waals surface area contributed by atoms with Gasteiger partial charge in [-0.1, -0.05) is 6.92 Å². The van der Waals surface area contributed by atoms with Gasteiger partial charge in [-0.25, -0.2) is 0 Å². The molecule has 0 spiro atoms. The Morgan fingerprint density at radius 2 is 2.05 bits per heavy atom. The summed E-state index contributed by atoms with van der Waals surface area (Å²) in [7, 11) is 0. The first-order chi connectivity index (χ1) is 9.13. The molecule has 1 fully saturated rings. The van der Waals surface area contributed by atoms with Gasteiger partial charge < -0.3 is 14.4 Å². The highest BCUT2D eigenvalue weighted by atomic mass is 16.4. The van der Waals surface area contributed by atoms with Gasteiger partial charge in [-0.05, 0) is 12.5 Å². The Hall–Kier alpha value is -1.82. The van der Waals surface area contributed by atoms with E-state index in [1.165, 1.54) is 12.5 Å². The Morgan fingerprint density at radius 3 is 2.53 bits per heavy atom. The third kappa shape index (κ3) is 2.96. The largest absolute Gasteiger partial charge is 0.480 e. The number of piperazine rings is 1. The Bertz CT molecular complexity index is 436. The van der Waals surface area contributed by atoms with Gasteiger partial charge in [0.15, 0.2) is 0 Å². The maximum Gasteiger partial charge on any atom is 0.320 e. The van der Waals surface area contributed by atoms with E-state index in [9.17, 15) is 9.59 Å². The van der Waals surface area contributed by atoms with E-state index in [0.29, 0.717) is 38.2 Å². The highest BCUT2D eigenvalue weighted by Crippen LogP contribution is 2.12. The predicted molar refractivity (Wildman–Crippen MR) is 67.9 cm³/mol. The molecule has 104 valence electrons. The van der Waals surface area contributed by atoms with E-state index in [0.717, 1.165) is 0 Å². The number of hydrogen-bond acceptors (Lipinski definition) is 4. The third-order valence-corrected chi connectivity index (χ3v) is 3.48. The summed E-state index contributed by atoms with van der Waals surface area (Å²) in [6.45, 7) is 4.15. The number of carbonyl (C=O) groups excluding carboxylic acids is 1. The normalized spacial score (nSPS) is 18.3. The number of carboxylic acids is 1. The second kappa shape index (κ2) is 5.88. The quantitative estimate of drug-likeness (QED) is 0.876. The molecule has 1 aliphatic rings. The number of rotatable bonds is 4. The van der Waals surface area contributed by atoms with Crippen LogP contribution in [0.3, 0.4) is 0 Å². The van der Waals surface area contributed by atoms with Crippen LogP contribution in [0.4, 0.5) is 0 Å². The van der Waals surface area contributed by atoms with E-state index in [4.69, 9.17) is 9.52 Å². The number of furan rings is 1. The highest BCUT2D eigenvalue weighted by Gasteiger charge is 2.29. The van der Waals surface area contributed by atoms with E-state index in [1.807, 2.05) is 11.8 Å². The summed E-state index contributed by atoms with van der Waals surface area (Å²) in [5.41, 5.74) is 0.540. The fourth-order valence-corrected chi connectivity index (χ4v) is 2.39. The maximum absolute atomic E-state index is 12.1. The summed E-state index contributed by atoms with van der Waals surface area (Å²) in [5.74, 6) is -0.853. The molecule has 1 saturated heterocycles. The summed E-state index contributed by atoms with van der Waals surface area (Å²) in [6, 6.07) is 1.19. The second-order valence-corrected chi connectivity index (χ2v) is 4.60. The SMILES string of the molecule is CC[C@@H](C(=O)O)N1CCN(C(=O)c2ccoc2)CC1. The summed E-state index contributed by atoms with van der Waals surface area (Å²) >= 11 is 0. The fraction of sp³-hybridized carbons (Fsp3) is 0.538. The minimum Gasteiger partial charge on any atom is -0.480 e. The Labute approximate surface area is 111 Å². The maximum atomic E-state index is 12.1. The molecule has 0 aromatic carbocycles. The van der Waals surface area contributed by atoms with Crippen LogP contribution in [0.5, 0.6) is 0 Å². The van der Waals surface area contributed by atoms with Crippen LogP contribution < -0.4 is 0 Å². The van der Waals surface area contributed by atoms with E-state index >= 15 is 0 Å². The summed E-state index contributed by atoms with van der Waals surface area (Å²) in [6.07, 6.45) is 3.48. The molecule has 0 radical (unpaired) electrons. The molecule has 1 amide bonds. The van der Waals surface area contributed by atoms with Gasteiger partial charge in [-0.3, -0.25) is 14.5 Å². The number of amides is 1. The molecular formula is C13H18N2O4. The van der Waals surface area contributed by atoms with Crippen LogP contribution in [0.15, 0.2) is 23.0 Å². The van der Waals surface area contributed by atoms with Crippen LogP contribution in [0.25, 0.3) is 0 Å². The van der Waals surface area contributed by atoms with Crippen molar-refractivity contribution in [2.24, 2.45) is 0 Å². The summed E-state index contributed by atoms with van der Waals surface area (Å²) in [4.78, 5) is 26.8. The Balaban J connectivity index is 1.92. The standard InChI is InChI=1S/C13H18N2O4/c1-2-11(13(17)18)14-4-6-15(7-5-14)12(16)10-3-8-19-9-10/h3,8-9,11H,2,4-7H2,1H3,(H,17,18)/t11-/m0/s1. The van der Waals surface area contributed by atoms with Crippen molar-refractivity contribution in [2.75, 3.05) is 26.2 Å². The average molecular weight is 266 g/mol. The molecule has 1 N–H and O–H groups in total. The molecule has 6 heteroatoms. The molecule has 2 heterocycles. The molecular weight excluding hydrogens is 248 g/mol. The first-order valence-electron chi connectivity index (χ1n) is 6.41. The molecule has 19 heavy (non-hydrogen) atoms. The van der Waals surface area contributed by atoms with Gasteiger partial charge in [-0.2, -0.15) is 0 Å². The highest BCUT2D eigenvalue weighted by molar-refractivity contribution is 5.93. The summed E-state index contributed by atoms with van der Waals surface area (Å²) < 4.78 is 4.90. The van der Waals surface area contributed by atoms with Crippen LogP contribution in [-0.2, 0) is 4.79 Å². The number of carbonyl (C=O) groups is 2. The molecule has 0 bridgehead atoms. The van der Waals surface area contributed by atoms with Gasteiger partial charge in [0.2, 0.25) is 0 Å². The van der Waals surface area contributed by atoms with Crippen LogP contribution >= 0.6 is 0 Å². The average Bonchev–Trinajstić information content (AvgIpc) is 2.93. The van der Waals surface area contributed by atoms with Crippen molar-refractivity contribution in [3.05, 3.63) is 24.2 Å². The number of hydrogen-bond donors (Lipinski definition) is 1. The second-order valence-electron chi connectivity index (χ2n) is 4.60. The van der Waals surface area contributed by atoms with E-state index in [2.05, 4.69) is 0 Å². The van der Waals surface area contributed by atoms with Gasteiger partial charge in [0.05, 0.1) is 11.8 Å². The van der Waals surface area contributed by atoms with Gasteiger partial charge >= 0.3 is 5.97 Å². The number of carboxylic acid groups (broad SMARTS) is 1. The molecule has 0 saturated carbocycles. The van der Waals surface area contributed by atoms with E-state index in [1.54, 1.807) is 11.0 Å². The molecule has 1 aromatic rings. The van der Waals surface area contributed by atoms with Crippen molar-refractivity contribution in [1.29, 1.82) is 0 Å². The van der Waals surface area contributed by atoms with E-state index in [-0.39, 0.29) is 5.91 Å². The van der Waals surface area contributed by atoms with Crippen LogP contribution in [0.2, 0.25) is 0 Å². The molecule has 2 rings (SSSR count). The van der Waals surface area contributed by atoms with Gasteiger partial charge in [0.1, 0.15) is 12.3 Å². The first kappa shape index (κ1) is 13.6. The smallest absolute Gasteiger partial charge is 0.320 e. The lowest BCUT2D eigenvalue weighted by molar-refractivity contribution is -0.144. The third-order valence-electron chi connectivity index (χ3n) is 3.48. The minimum absolute atomic E-state index is 0.0585. The van der Waals surface area contributed by atoms with E-state index < -0.39 is 12.0 Å². The van der Waals surface area contributed by atoms with Crippen molar-refractivity contribution in [1.82, 2.24) is 9.80 Å². The molecule has 0 aliphatic carbocycles. The zero-order valence-electron chi connectivity index (χ0n) is 10.9. The Kier molecular flexibility index (Phi) is 4.21. The molecule has 6 nitrogen and oxygen atoms in total. The number of nitrogens with zero attached hydrogens (tertiary/aromatic N) is 2. The van der Waals surface area contributed by atoms with Crippen LogP contribution in [0, 0.1) is 0 Å². The fourth-order valence-electron chi connectivity index (χ4n) is 2.39. The zero-order chi connectivity index (χ0) is 13.8. The lowest BCUT2D eigenvalue weighted by atomic mass is 10.1. The molecule has 1 aliphatic heterocycles. The van der Waals surface area contributed by atoms with Crippen molar-refractivity contribution in [3.8, 4) is 0 Å². The summed E-state index contributed by atoms with van der Waals surface area (Å²) in [5, 5.41) is 9.12. The monoisotopic (exact) mass is 266 g/mol. The van der Waals surface area contributed by atoms with Gasteiger partial charge in [0.25, 0.3) is 5.91 Å². The topological polar surface area (TPSA) is 74.0 Å². The zero-order valence-corrected chi connectivity index (χ0v) is 10.9. The van der Waals surface area contributed by atoms with Gasteiger partial charge in [-0.15, -0.1) is 0 Å². The minimum atomic E-state index is -0.794. The van der Waals surface area contributed by atoms with Gasteiger partial charge in [0, 0.05) is 26.2 Å². The molecule has 0 unspecified atom stereocenters. The van der Waals surface area contributed by atoms with Crippen LogP contribution in [-0.4, -0.2) is 59.0 Å². The molecule has 1 atom stereocenters. The lowest BCUT2D eigenvalue weighted by Crippen LogP contribution is -2.53. The number of aliphatic carboxylic acids is 1. The van der Waals surface area contributed by atoms with Crippen molar-refractivity contribution < 1.29 is 19.1 Å². The Morgan fingerprint density at radius 1 is 1.37 bits per heavy atom. The lowest BCUT2D eigenvalue weighted by Gasteiger charge is -2.37.